The molecule has 0 atom stereocenters. The Morgan fingerprint density at radius 3 is 1.73 bits per heavy atom. The van der Waals surface area contributed by atoms with Crippen molar-refractivity contribution in [1.82, 2.24) is 15.5 Å². The highest BCUT2D eigenvalue weighted by Gasteiger charge is 2.54. The summed E-state index contributed by atoms with van der Waals surface area (Å²) in [5.41, 5.74) is 4.09. The van der Waals surface area contributed by atoms with Crippen LogP contribution in [0.15, 0.2) is 72.8 Å². The topological polar surface area (TPSA) is 78.5 Å². The summed E-state index contributed by atoms with van der Waals surface area (Å²) in [6.45, 7) is 5.89. The van der Waals surface area contributed by atoms with E-state index in [-0.39, 0.29) is 6.54 Å². The van der Waals surface area contributed by atoms with Gasteiger partial charge in [0, 0.05) is 6.54 Å². The molecule has 0 aromatic heterocycles. The number of rotatable bonds is 6. The number of nitrogens with one attached hydrogen (secondary N) is 2. The number of hydrogen-bond donors (Lipinski definition) is 2. The van der Waals surface area contributed by atoms with Gasteiger partial charge in [0.1, 0.15) is 6.54 Å². The Hall–Kier alpha value is -3.93. The average molecular weight is 442 g/mol. The number of urea groups is 1. The molecule has 4 rings (SSSR count). The molecule has 0 bridgehead atoms. The lowest BCUT2D eigenvalue weighted by molar-refractivity contribution is -0.134. The Kier molecular flexibility index (Phi) is 6.01. The molecule has 0 spiro atoms. The third-order valence-corrected chi connectivity index (χ3v) is 5.99. The van der Waals surface area contributed by atoms with E-state index < -0.39 is 23.4 Å². The van der Waals surface area contributed by atoms with Crippen LogP contribution in [0.3, 0.4) is 0 Å². The predicted octanol–water partition coefficient (Wildman–Crippen LogP) is 3.72. The van der Waals surface area contributed by atoms with Gasteiger partial charge in [0.15, 0.2) is 5.54 Å². The van der Waals surface area contributed by atoms with Crippen LogP contribution in [-0.4, -0.2) is 29.3 Å². The first-order chi connectivity index (χ1) is 15.8. The second kappa shape index (κ2) is 8.90. The molecule has 1 heterocycles. The molecule has 1 saturated heterocycles. The van der Waals surface area contributed by atoms with E-state index in [2.05, 4.69) is 10.6 Å². The highest BCUT2D eigenvalue weighted by molar-refractivity contribution is 6.11. The first kappa shape index (κ1) is 22.3. The molecule has 1 aliphatic rings. The Labute approximate surface area is 193 Å². The molecule has 1 fully saturated rings. The smallest absolute Gasteiger partial charge is 0.326 e. The van der Waals surface area contributed by atoms with Gasteiger partial charge in [-0.1, -0.05) is 89.5 Å². The summed E-state index contributed by atoms with van der Waals surface area (Å²) < 4.78 is 0. The summed E-state index contributed by atoms with van der Waals surface area (Å²) in [7, 11) is 0. The Morgan fingerprint density at radius 2 is 1.24 bits per heavy atom. The molecular weight excluding hydrogens is 414 g/mol. The lowest BCUT2D eigenvalue weighted by Crippen LogP contribution is -2.46. The maximum atomic E-state index is 13.7. The molecular formula is C27H27N3O3. The van der Waals surface area contributed by atoms with Crippen molar-refractivity contribution in [2.24, 2.45) is 0 Å². The van der Waals surface area contributed by atoms with Crippen LogP contribution in [0, 0.1) is 20.8 Å². The van der Waals surface area contributed by atoms with E-state index in [1.54, 1.807) is 0 Å². The molecule has 33 heavy (non-hydrogen) atoms. The number of carbonyl (C=O) groups is 3. The van der Waals surface area contributed by atoms with Gasteiger partial charge >= 0.3 is 6.03 Å². The summed E-state index contributed by atoms with van der Waals surface area (Å²) in [4.78, 5) is 40.3. The van der Waals surface area contributed by atoms with E-state index in [0.717, 1.165) is 27.2 Å². The molecule has 0 aliphatic carbocycles. The minimum absolute atomic E-state index is 0.323. The maximum Gasteiger partial charge on any atom is 0.326 e. The molecule has 3 aromatic rings. The monoisotopic (exact) mass is 441 g/mol. The highest BCUT2D eigenvalue weighted by atomic mass is 16.2. The zero-order chi connectivity index (χ0) is 23.6. The summed E-state index contributed by atoms with van der Waals surface area (Å²) in [5.74, 6) is -0.867. The van der Waals surface area contributed by atoms with Gasteiger partial charge in [-0.25, -0.2) is 4.79 Å². The second-order valence-electron chi connectivity index (χ2n) is 8.57. The van der Waals surface area contributed by atoms with Crippen LogP contribution in [0.25, 0.3) is 0 Å². The summed E-state index contributed by atoms with van der Waals surface area (Å²) in [6, 6.07) is 22.2. The number of benzene rings is 3. The van der Waals surface area contributed by atoms with E-state index in [1.807, 2.05) is 93.6 Å². The first-order valence-corrected chi connectivity index (χ1v) is 10.9. The lowest BCUT2D eigenvalue weighted by atomic mass is 9.82. The Morgan fingerprint density at radius 1 is 0.788 bits per heavy atom. The fourth-order valence-corrected chi connectivity index (χ4v) is 3.99. The number of nitrogens with zero attached hydrogens (tertiary/aromatic N) is 1. The fraction of sp³-hybridized carbons (Fsp3) is 0.222. The van der Waals surface area contributed by atoms with Gasteiger partial charge in [-0.3, -0.25) is 14.5 Å². The molecule has 168 valence electrons. The molecule has 6 heteroatoms. The van der Waals surface area contributed by atoms with Gasteiger partial charge in [-0.2, -0.15) is 0 Å². The van der Waals surface area contributed by atoms with Gasteiger partial charge in [0.25, 0.3) is 5.91 Å². The zero-order valence-electron chi connectivity index (χ0n) is 19.0. The molecule has 0 unspecified atom stereocenters. The van der Waals surface area contributed by atoms with Crippen LogP contribution in [0.4, 0.5) is 4.79 Å². The van der Waals surface area contributed by atoms with E-state index in [4.69, 9.17) is 0 Å². The predicted molar refractivity (Wildman–Crippen MR) is 126 cm³/mol. The van der Waals surface area contributed by atoms with Gasteiger partial charge in [-0.05, 0) is 37.5 Å². The number of amides is 4. The first-order valence-electron chi connectivity index (χ1n) is 10.9. The van der Waals surface area contributed by atoms with E-state index in [0.29, 0.717) is 17.7 Å². The minimum atomic E-state index is -1.38. The third kappa shape index (κ3) is 4.37. The lowest BCUT2D eigenvalue weighted by Gasteiger charge is -2.28. The van der Waals surface area contributed by atoms with Crippen molar-refractivity contribution >= 4 is 17.8 Å². The number of imide groups is 1. The SMILES string of the molecule is Cc1ccc(CNC(=O)CN2C(=O)NC(c3ccc(C)cc3)(c3ccc(C)cc3)C2=O)cc1. The van der Waals surface area contributed by atoms with Crippen LogP contribution in [0.2, 0.25) is 0 Å². The van der Waals surface area contributed by atoms with E-state index in [1.165, 1.54) is 0 Å². The van der Waals surface area contributed by atoms with Crippen molar-refractivity contribution in [1.29, 1.82) is 0 Å². The van der Waals surface area contributed by atoms with Crippen molar-refractivity contribution in [3.63, 3.8) is 0 Å². The summed E-state index contributed by atoms with van der Waals surface area (Å²) >= 11 is 0. The third-order valence-electron chi connectivity index (χ3n) is 5.99. The normalized spacial score (nSPS) is 14.8. The van der Waals surface area contributed by atoms with E-state index >= 15 is 0 Å². The van der Waals surface area contributed by atoms with Crippen LogP contribution >= 0.6 is 0 Å². The highest BCUT2D eigenvalue weighted by Crippen LogP contribution is 2.36. The van der Waals surface area contributed by atoms with Crippen molar-refractivity contribution in [3.05, 3.63) is 106 Å². The standard InChI is InChI=1S/C27H27N3O3/c1-18-4-10-21(11-5-18)16-28-24(31)17-30-25(32)27(29-26(30)33,22-12-6-19(2)7-13-22)23-14-8-20(3)9-15-23/h4-15H,16-17H2,1-3H3,(H,28,31)(H,29,33). The van der Waals surface area contributed by atoms with Crippen LogP contribution in [0.1, 0.15) is 33.4 Å². The molecule has 0 saturated carbocycles. The van der Waals surface area contributed by atoms with Crippen molar-refractivity contribution in [3.8, 4) is 0 Å². The molecule has 0 radical (unpaired) electrons. The molecule has 6 nitrogen and oxygen atoms in total. The summed E-state index contributed by atoms with van der Waals surface area (Å²) in [6.07, 6.45) is 0. The maximum absolute atomic E-state index is 13.7. The van der Waals surface area contributed by atoms with Crippen LogP contribution in [-0.2, 0) is 21.7 Å². The average Bonchev–Trinajstić information content (AvgIpc) is 3.05. The fourth-order valence-electron chi connectivity index (χ4n) is 3.99. The number of aryl methyl sites for hydroxylation is 3. The van der Waals surface area contributed by atoms with Gasteiger partial charge in [0.05, 0.1) is 0 Å². The quantitative estimate of drug-likeness (QED) is 0.572. The van der Waals surface area contributed by atoms with Crippen molar-refractivity contribution in [2.45, 2.75) is 32.9 Å². The molecule has 3 aromatic carbocycles. The molecule has 2 N–H and O–H groups in total. The van der Waals surface area contributed by atoms with Crippen molar-refractivity contribution in [2.75, 3.05) is 6.54 Å². The number of carbonyl (C=O) groups excluding carboxylic acids is 3. The van der Waals surface area contributed by atoms with Crippen LogP contribution < -0.4 is 10.6 Å². The zero-order valence-corrected chi connectivity index (χ0v) is 19.0. The van der Waals surface area contributed by atoms with Gasteiger partial charge in [-0.15, -0.1) is 0 Å². The van der Waals surface area contributed by atoms with Gasteiger partial charge in [0.2, 0.25) is 5.91 Å². The van der Waals surface area contributed by atoms with E-state index in [9.17, 15) is 14.4 Å². The largest absolute Gasteiger partial charge is 0.350 e. The Bertz CT molecular complexity index is 1140. The number of hydrogen-bond acceptors (Lipinski definition) is 3. The second-order valence-corrected chi connectivity index (χ2v) is 8.57. The minimum Gasteiger partial charge on any atom is -0.350 e. The molecule has 4 amide bonds. The van der Waals surface area contributed by atoms with Gasteiger partial charge < -0.3 is 10.6 Å². The van der Waals surface area contributed by atoms with Crippen molar-refractivity contribution < 1.29 is 14.4 Å². The Balaban J connectivity index is 1.59. The molecule has 1 aliphatic heterocycles. The van der Waals surface area contributed by atoms with Crippen LogP contribution in [0.5, 0.6) is 0 Å². The summed E-state index contributed by atoms with van der Waals surface area (Å²) in [5, 5.41) is 5.68.